The van der Waals surface area contributed by atoms with Gasteiger partial charge in [-0.2, -0.15) is 0 Å². The molecule has 1 aromatic carbocycles. The highest BCUT2D eigenvalue weighted by Crippen LogP contribution is 2.17. The van der Waals surface area contributed by atoms with E-state index in [-0.39, 0.29) is 6.09 Å². The van der Waals surface area contributed by atoms with Gasteiger partial charge < -0.3 is 15.8 Å². The molecule has 0 heterocycles. The van der Waals surface area contributed by atoms with Crippen LogP contribution in [0.2, 0.25) is 0 Å². The van der Waals surface area contributed by atoms with E-state index in [9.17, 15) is 4.79 Å². The number of nitrogens with one attached hydrogen (secondary N) is 1. The van der Waals surface area contributed by atoms with Gasteiger partial charge in [0.1, 0.15) is 6.61 Å². The van der Waals surface area contributed by atoms with Gasteiger partial charge in [-0.05, 0) is 24.0 Å². The fourth-order valence-corrected chi connectivity index (χ4v) is 2.38. The first-order valence-corrected chi connectivity index (χ1v) is 6.99. The summed E-state index contributed by atoms with van der Waals surface area (Å²) in [5.74, 6) is 0. The number of carbonyl (C=O) groups excluding carboxylic acids is 1. The number of nitrogens with two attached hydrogens (primary N) is 1. The molecule has 1 saturated carbocycles. The predicted octanol–water partition coefficient (Wildman–Crippen LogP) is 2.70. The van der Waals surface area contributed by atoms with Gasteiger partial charge in [0, 0.05) is 12.6 Å². The van der Waals surface area contributed by atoms with E-state index in [0.717, 1.165) is 24.0 Å². The van der Waals surface area contributed by atoms with E-state index in [1.165, 1.54) is 19.3 Å². The fraction of sp³-hybridized carbons (Fsp3) is 0.533. The number of amides is 1. The van der Waals surface area contributed by atoms with Crippen LogP contribution in [0.5, 0.6) is 0 Å². The molecule has 19 heavy (non-hydrogen) atoms. The highest BCUT2D eigenvalue weighted by Gasteiger charge is 2.16. The van der Waals surface area contributed by atoms with Crippen molar-refractivity contribution in [3.05, 3.63) is 35.4 Å². The monoisotopic (exact) mass is 262 g/mol. The van der Waals surface area contributed by atoms with Crippen LogP contribution in [-0.2, 0) is 17.9 Å². The summed E-state index contributed by atoms with van der Waals surface area (Å²) in [6.07, 6.45) is 5.51. The molecule has 1 fully saturated rings. The van der Waals surface area contributed by atoms with Crippen molar-refractivity contribution in [1.82, 2.24) is 5.32 Å². The van der Waals surface area contributed by atoms with Crippen LogP contribution >= 0.6 is 0 Å². The molecule has 0 atom stereocenters. The molecule has 0 aromatic heterocycles. The van der Waals surface area contributed by atoms with Crippen molar-refractivity contribution in [3.8, 4) is 0 Å². The maximum Gasteiger partial charge on any atom is 0.407 e. The highest BCUT2D eigenvalue weighted by molar-refractivity contribution is 5.67. The van der Waals surface area contributed by atoms with E-state index < -0.39 is 0 Å². The first-order valence-electron chi connectivity index (χ1n) is 6.99. The maximum absolute atomic E-state index is 11.7. The Hall–Kier alpha value is -1.55. The molecule has 1 aromatic rings. The Bertz CT molecular complexity index is 397. The molecule has 0 bridgehead atoms. The molecule has 4 heteroatoms. The lowest BCUT2D eigenvalue weighted by Gasteiger charge is -2.22. The lowest BCUT2D eigenvalue weighted by Crippen LogP contribution is -2.36. The van der Waals surface area contributed by atoms with Gasteiger partial charge in [-0.25, -0.2) is 4.79 Å². The normalized spacial score (nSPS) is 16.1. The summed E-state index contributed by atoms with van der Waals surface area (Å²) < 4.78 is 5.22. The summed E-state index contributed by atoms with van der Waals surface area (Å²) in [5.41, 5.74) is 7.59. The van der Waals surface area contributed by atoms with E-state index in [2.05, 4.69) is 5.32 Å². The molecule has 1 amide bonds. The van der Waals surface area contributed by atoms with Crippen LogP contribution < -0.4 is 11.1 Å². The van der Waals surface area contributed by atoms with Gasteiger partial charge in [-0.1, -0.05) is 43.5 Å². The molecule has 1 aliphatic carbocycles. The minimum absolute atomic E-state index is 0.292. The molecule has 0 radical (unpaired) electrons. The Labute approximate surface area is 114 Å². The molecule has 0 spiro atoms. The van der Waals surface area contributed by atoms with Gasteiger partial charge in [0.25, 0.3) is 0 Å². The second kappa shape index (κ2) is 7.14. The van der Waals surface area contributed by atoms with E-state index in [0.29, 0.717) is 19.2 Å². The lowest BCUT2D eigenvalue weighted by molar-refractivity contribution is 0.133. The van der Waals surface area contributed by atoms with Crippen LogP contribution in [0.15, 0.2) is 24.3 Å². The van der Waals surface area contributed by atoms with Crippen molar-refractivity contribution in [3.63, 3.8) is 0 Å². The second-order valence-corrected chi connectivity index (χ2v) is 5.08. The minimum atomic E-state index is -0.310. The van der Waals surface area contributed by atoms with Crippen molar-refractivity contribution in [2.45, 2.75) is 51.3 Å². The number of hydrogen-bond donors (Lipinski definition) is 2. The summed E-state index contributed by atoms with van der Waals surface area (Å²) in [4.78, 5) is 11.7. The molecule has 2 rings (SSSR count). The van der Waals surface area contributed by atoms with E-state index in [4.69, 9.17) is 10.5 Å². The zero-order valence-corrected chi connectivity index (χ0v) is 11.2. The molecular formula is C15H22N2O2. The number of ether oxygens (including phenoxy) is 1. The number of rotatable bonds is 4. The third-order valence-electron chi connectivity index (χ3n) is 3.56. The SMILES string of the molecule is NCc1ccc(COC(=O)NC2CCCCC2)cc1. The van der Waals surface area contributed by atoms with Crippen LogP contribution in [-0.4, -0.2) is 12.1 Å². The van der Waals surface area contributed by atoms with Crippen LogP contribution in [0.1, 0.15) is 43.2 Å². The largest absolute Gasteiger partial charge is 0.445 e. The predicted molar refractivity (Wildman–Crippen MR) is 74.5 cm³/mol. The van der Waals surface area contributed by atoms with Crippen LogP contribution in [0.4, 0.5) is 4.79 Å². The molecule has 0 unspecified atom stereocenters. The van der Waals surface area contributed by atoms with E-state index in [1.807, 2.05) is 24.3 Å². The summed E-state index contributed by atoms with van der Waals surface area (Å²) in [6.45, 7) is 0.840. The second-order valence-electron chi connectivity index (χ2n) is 5.08. The Morgan fingerprint density at radius 2 is 1.79 bits per heavy atom. The van der Waals surface area contributed by atoms with Crippen molar-refractivity contribution < 1.29 is 9.53 Å². The molecular weight excluding hydrogens is 240 g/mol. The fourth-order valence-electron chi connectivity index (χ4n) is 2.38. The standard InChI is InChI=1S/C15H22N2O2/c16-10-12-6-8-13(9-7-12)11-19-15(18)17-14-4-2-1-3-5-14/h6-9,14H,1-5,10-11,16H2,(H,17,18). The zero-order valence-electron chi connectivity index (χ0n) is 11.2. The highest BCUT2D eigenvalue weighted by atomic mass is 16.5. The van der Waals surface area contributed by atoms with Crippen molar-refractivity contribution >= 4 is 6.09 Å². The van der Waals surface area contributed by atoms with Gasteiger partial charge in [0.2, 0.25) is 0 Å². The van der Waals surface area contributed by atoms with Crippen molar-refractivity contribution in [2.24, 2.45) is 5.73 Å². The average molecular weight is 262 g/mol. The molecule has 4 nitrogen and oxygen atoms in total. The van der Waals surface area contributed by atoms with Crippen molar-refractivity contribution in [2.75, 3.05) is 0 Å². The Morgan fingerprint density at radius 3 is 2.42 bits per heavy atom. The molecule has 0 aliphatic heterocycles. The first kappa shape index (κ1) is 13.9. The first-order chi connectivity index (χ1) is 9.28. The Balaban J connectivity index is 1.72. The van der Waals surface area contributed by atoms with Gasteiger partial charge in [-0.3, -0.25) is 0 Å². The summed E-state index contributed by atoms with van der Waals surface area (Å²) in [6, 6.07) is 8.09. The lowest BCUT2D eigenvalue weighted by atomic mass is 9.96. The Kier molecular flexibility index (Phi) is 5.21. The number of hydrogen-bond acceptors (Lipinski definition) is 3. The molecule has 1 aliphatic rings. The van der Waals surface area contributed by atoms with E-state index >= 15 is 0 Å². The summed E-state index contributed by atoms with van der Waals surface area (Å²) in [7, 11) is 0. The smallest absolute Gasteiger partial charge is 0.407 e. The minimum Gasteiger partial charge on any atom is -0.445 e. The van der Waals surface area contributed by atoms with E-state index in [1.54, 1.807) is 0 Å². The van der Waals surface area contributed by atoms with Crippen LogP contribution in [0.3, 0.4) is 0 Å². The molecule has 3 N–H and O–H groups in total. The topological polar surface area (TPSA) is 64.3 Å². The third kappa shape index (κ3) is 4.56. The van der Waals surface area contributed by atoms with Crippen molar-refractivity contribution in [1.29, 1.82) is 0 Å². The van der Waals surface area contributed by atoms with Gasteiger partial charge >= 0.3 is 6.09 Å². The van der Waals surface area contributed by atoms with Gasteiger partial charge in [0.15, 0.2) is 0 Å². The molecule has 104 valence electrons. The maximum atomic E-state index is 11.7. The number of alkyl carbamates (subject to hydrolysis) is 1. The van der Waals surface area contributed by atoms with Crippen LogP contribution in [0.25, 0.3) is 0 Å². The van der Waals surface area contributed by atoms with Crippen LogP contribution in [0, 0.1) is 0 Å². The zero-order chi connectivity index (χ0) is 13.5. The Morgan fingerprint density at radius 1 is 1.16 bits per heavy atom. The number of carbonyl (C=O) groups is 1. The molecule has 0 saturated heterocycles. The number of benzene rings is 1. The van der Waals surface area contributed by atoms with Gasteiger partial charge in [0.05, 0.1) is 0 Å². The summed E-state index contributed by atoms with van der Waals surface area (Å²) >= 11 is 0. The third-order valence-corrected chi connectivity index (χ3v) is 3.56. The quantitative estimate of drug-likeness (QED) is 0.877. The van der Waals surface area contributed by atoms with Gasteiger partial charge in [-0.15, -0.1) is 0 Å². The average Bonchev–Trinajstić information content (AvgIpc) is 2.47. The summed E-state index contributed by atoms with van der Waals surface area (Å²) in [5, 5.41) is 2.93.